The van der Waals surface area contributed by atoms with Crippen LogP contribution in [0, 0.1) is 0 Å². The molecule has 3 N–H and O–H groups in total. The second kappa shape index (κ2) is 7.16. The number of rotatable bonds is 5. The van der Waals surface area contributed by atoms with Crippen LogP contribution < -0.4 is 11.1 Å². The van der Waals surface area contributed by atoms with Gasteiger partial charge in [0.15, 0.2) is 0 Å². The summed E-state index contributed by atoms with van der Waals surface area (Å²) in [4.78, 5) is 4.04. The van der Waals surface area contributed by atoms with Crippen molar-refractivity contribution in [2.45, 2.75) is 6.54 Å². The first kappa shape index (κ1) is 16.0. The first-order valence-corrected chi connectivity index (χ1v) is 8.22. The Morgan fingerprint density at radius 1 is 0.769 bits per heavy atom. The third-order valence-corrected chi connectivity index (χ3v) is 4.01. The van der Waals surface area contributed by atoms with Gasteiger partial charge in [0.25, 0.3) is 0 Å². The topological polar surface area (TPSA) is 89.9 Å². The number of hydrogen-bond acceptors (Lipinski definition) is 6. The smallest absolute Gasteiger partial charge is 0.320 e. The Balaban J connectivity index is 1.48. The van der Waals surface area contributed by atoms with Gasteiger partial charge in [-0.25, -0.2) is 0 Å². The van der Waals surface area contributed by atoms with Crippen LogP contribution in [-0.2, 0) is 6.54 Å². The molecule has 0 saturated carbocycles. The van der Waals surface area contributed by atoms with Gasteiger partial charge in [0.2, 0.25) is 5.89 Å². The van der Waals surface area contributed by atoms with E-state index in [1.807, 2.05) is 60.7 Å². The summed E-state index contributed by atoms with van der Waals surface area (Å²) in [6.45, 7) is 0.506. The van der Waals surface area contributed by atoms with Crippen molar-refractivity contribution in [3.63, 3.8) is 0 Å². The second-order valence-corrected chi connectivity index (χ2v) is 5.75. The lowest BCUT2D eigenvalue weighted by Gasteiger charge is -2.04. The predicted octanol–water partition coefficient (Wildman–Crippen LogP) is 4.00. The van der Waals surface area contributed by atoms with Gasteiger partial charge in [-0.05, 0) is 53.1 Å². The van der Waals surface area contributed by atoms with Crippen molar-refractivity contribution >= 4 is 11.7 Å². The Morgan fingerprint density at radius 3 is 2.12 bits per heavy atom. The molecule has 0 unspecified atom stereocenters. The number of nitrogens with zero attached hydrogens (tertiary/aromatic N) is 3. The van der Waals surface area contributed by atoms with Gasteiger partial charge in [-0.3, -0.25) is 4.98 Å². The first-order valence-electron chi connectivity index (χ1n) is 8.22. The normalized spacial score (nSPS) is 10.7. The van der Waals surface area contributed by atoms with E-state index in [0.717, 1.165) is 27.9 Å². The molecule has 26 heavy (non-hydrogen) atoms. The molecule has 0 aliphatic heterocycles. The molecule has 6 heteroatoms. The van der Waals surface area contributed by atoms with Crippen LogP contribution in [0.15, 0.2) is 77.5 Å². The van der Waals surface area contributed by atoms with Crippen molar-refractivity contribution < 1.29 is 4.42 Å². The predicted molar refractivity (Wildman–Crippen MR) is 101 cm³/mol. The van der Waals surface area contributed by atoms with Crippen LogP contribution in [0.2, 0.25) is 0 Å². The Kier molecular flexibility index (Phi) is 4.40. The Morgan fingerprint density at radius 2 is 1.42 bits per heavy atom. The van der Waals surface area contributed by atoms with E-state index in [0.29, 0.717) is 18.5 Å². The highest BCUT2D eigenvalue weighted by molar-refractivity contribution is 5.66. The van der Waals surface area contributed by atoms with E-state index < -0.39 is 0 Å². The Labute approximate surface area is 150 Å². The van der Waals surface area contributed by atoms with Crippen molar-refractivity contribution in [1.29, 1.82) is 0 Å². The summed E-state index contributed by atoms with van der Waals surface area (Å²) < 4.78 is 5.69. The minimum atomic E-state index is 0.347. The number of hydrogen-bond donors (Lipinski definition) is 2. The average molecular weight is 343 g/mol. The van der Waals surface area contributed by atoms with Gasteiger partial charge in [-0.1, -0.05) is 29.4 Å². The SMILES string of the molecule is NCc1ccc(-c2nnc(Nc3ccc(-c4ccncc4)cc3)o2)cc1. The second-order valence-electron chi connectivity index (χ2n) is 5.75. The van der Waals surface area contributed by atoms with Crippen LogP contribution in [0.5, 0.6) is 0 Å². The fourth-order valence-electron chi connectivity index (χ4n) is 2.59. The Hall–Kier alpha value is -3.51. The molecule has 128 valence electrons. The van der Waals surface area contributed by atoms with Gasteiger partial charge in [0.1, 0.15) is 0 Å². The lowest BCUT2D eigenvalue weighted by Crippen LogP contribution is -1.95. The fraction of sp³-hybridized carbons (Fsp3) is 0.0500. The molecule has 0 saturated heterocycles. The average Bonchev–Trinajstić information content (AvgIpc) is 3.18. The number of anilines is 2. The number of pyridine rings is 1. The zero-order chi connectivity index (χ0) is 17.8. The molecule has 4 rings (SSSR count). The molecule has 0 spiro atoms. The van der Waals surface area contributed by atoms with Crippen LogP contribution in [0.25, 0.3) is 22.6 Å². The molecule has 0 aliphatic carbocycles. The molecular weight excluding hydrogens is 326 g/mol. The van der Waals surface area contributed by atoms with Crippen LogP contribution >= 0.6 is 0 Å². The highest BCUT2D eigenvalue weighted by atomic mass is 16.4. The molecule has 4 aromatic rings. The lowest BCUT2D eigenvalue weighted by molar-refractivity contribution is 0.587. The maximum absolute atomic E-state index is 5.69. The van der Waals surface area contributed by atoms with E-state index in [1.54, 1.807) is 12.4 Å². The van der Waals surface area contributed by atoms with Gasteiger partial charge in [-0.2, -0.15) is 0 Å². The number of benzene rings is 2. The summed E-state index contributed by atoms with van der Waals surface area (Å²) in [6.07, 6.45) is 3.56. The minimum Gasteiger partial charge on any atom is -0.403 e. The largest absolute Gasteiger partial charge is 0.403 e. The van der Waals surface area contributed by atoms with Crippen molar-refractivity contribution in [3.8, 4) is 22.6 Å². The number of nitrogens with two attached hydrogens (primary N) is 1. The van der Waals surface area contributed by atoms with Crippen LogP contribution in [0.1, 0.15) is 5.56 Å². The van der Waals surface area contributed by atoms with E-state index in [2.05, 4.69) is 20.5 Å². The van der Waals surface area contributed by atoms with Gasteiger partial charge in [0, 0.05) is 30.2 Å². The molecule has 0 atom stereocenters. The maximum Gasteiger partial charge on any atom is 0.320 e. The quantitative estimate of drug-likeness (QED) is 0.569. The molecule has 2 aromatic heterocycles. The minimum absolute atomic E-state index is 0.347. The summed E-state index contributed by atoms with van der Waals surface area (Å²) in [5.74, 6) is 0.462. The van der Waals surface area contributed by atoms with Gasteiger partial charge in [0.05, 0.1) is 0 Å². The first-order chi connectivity index (χ1) is 12.8. The highest BCUT2D eigenvalue weighted by Crippen LogP contribution is 2.24. The molecule has 2 aromatic carbocycles. The molecule has 0 amide bonds. The van der Waals surface area contributed by atoms with Gasteiger partial charge < -0.3 is 15.5 Å². The van der Waals surface area contributed by atoms with Crippen molar-refractivity contribution in [1.82, 2.24) is 15.2 Å². The molecule has 6 nitrogen and oxygen atoms in total. The zero-order valence-corrected chi connectivity index (χ0v) is 14.0. The third kappa shape index (κ3) is 3.45. The van der Waals surface area contributed by atoms with Crippen LogP contribution in [-0.4, -0.2) is 15.2 Å². The molecule has 0 bridgehead atoms. The monoisotopic (exact) mass is 343 g/mol. The van der Waals surface area contributed by atoms with Crippen molar-refractivity contribution in [2.24, 2.45) is 5.73 Å². The molecule has 0 fully saturated rings. The lowest BCUT2D eigenvalue weighted by atomic mass is 10.1. The third-order valence-electron chi connectivity index (χ3n) is 4.01. The highest BCUT2D eigenvalue weighted by Gasteiger charge is 2.09. The van der Waals surface area contributed by atoms with Crippen molar-refractivity contribution in [2.75, 3.05) is 5.32 Å². The number of nitrogens with one attached hydrogen (secondary N) is 1. The standard InChI is InChI=1S/C20H17N5O/c21-13-14-1-3-17(4-2-14)19-24-25-20(26-19)23-18-7-5-15(6-8-18)16-9-11-22-12-10-16/h1-12H,13,21H2,(H,23,25). The van der Waals surface area contributed by atoms with Crippen LogP contribution in [0.3, 0.4) is 0 Å². The summed E-state index contributed by atoms with van der Waals surface area (Å²) in [6, 6.07) is 20.0. The van der Waals surface area contributed by atoms with E-state index in [-0.39, 0.29) is 0 Å². The molecule has 2 heterocycles. The van der Waals surface area contributed by atoms with E-state index >= 15 is 0 Å². The summed E-state index contributed by atoms with van der Waals surface area (Å²) in [7, 11) is 0. The van der Waals surface area contributed by atoms with E-state index in [4.69, 9.17) is 10.2 Å². The maximum atomic E-state index is 5.69. The summed E-state index contributed by atoms with van der Waals surface area (Å²) in [5.41, 5.74) is 10.6. The van der Waals surface area contributed by atoms with Gasteiger partial charge >= 0.3 is 6.01 Å². The molecule has 0 aliphatic rings. The summed E-state index contributed by atoms with van der Waals surface area (Å²) >= 11 is 0. The summed E-state index contributed by atoms with van der Waals surface area (Å²) in [5, 5.41) is 11.3. The fourth-order valence-corrected chi connectivity index (χ4v) is 2.59. The number of aromatic nitrogens is 3. The van der Waals surface area contributed by atoms with E-state index in [1.165, 1.54) is 0 Å². The van der Waals surface area contributed by atoms with Gasteiger partial charge in [-0.15, -0.1) is 5.10 Å². The van der Waals surface area contributed by atoms with E-state index in [9.17, 15) is 0 Å². The van der Waals surface area contributed by atoms with Crippen molar-refractivity contribution in [3.05, 3.63) is 78.6 Å². The molecular formula is C20H17N5O. The van der Waals surface area contributed by atoms with Crippen LogP contribution in [0.4, 0.5) is 11.7 Å². The zero-order valence-electron chi connectivity index (χ0n) is 14.0. The Bertz CT molecular complexity index is 979. The molecule has 0 radical (unpaired) electrons.